The number of nitrogens with zero attached hydrogens (tertiary/aromatic N) is 2. The fraction of sp³-hybridized carbons (Fsp3) is 0.294. The molecular formula is C17H18N2O3. The molecule has 5 nitrogen and oxygen atoms in total. The molecule has 1 fully saturated rings. The molecule has 114 valence electrons. The van der Waals surface area contributed by atoms with Gasteiger partial charge in [0.1, 0.15) is 11.3 Å². The molecule has 0 aliphatic carbocycles. The number of amides is 2. The van der Waals surface area contributed by atoms with Crippen molar-refractivity contribution >= 4 is 28.9 Å². The Morgan fingerprint density at radius 1 is 1.09 bits per heavy atom. The highest BCUT2D eigenvalue weighted by atomic mass is 16.3. The van der Waals surface area contributed by atoms with E-state index in [0.29, 0.717) is 31.9 Å². The first-order valence-electron chi connectivity index (χ1n) is 7.34. The predicted molar refractivity (Wildman–Crippen MR) is 84.1 cm³/mol. The molecular weight excluding hydrogens is 280 g/mol. The van der Waals surface area contributed by atoms with Gasteiger partial charge < -0.3 is 14.2 Å². The maximum atomic E-state index is 12.2. The Hall–Kier alpha value is -2.56. The summed E-state index contributed by atoms with van der Waals surface area (Å²) in [5, 5.41) is 1.02. The van der Waals surface area contributed by atoms with Gasteiger partial charge >= 0.3 is 0 Å². The van der Waals surface area contributed by atoms with Gasteiger partial charge in [0.25, 0.3) is 0 Å². The summed E-state index contributed by atoms with van der Waals surface area (Å²) in [5.41, 5.74) is 0.810. The molecule has 2 heterocycles. The van der Waals surface area contributed by atoms with Gasteiger partial charge in [0.05, 0.1) is 0 Å². The van der Waals surface area contributed by atoms with Gasteiger partial charge in [-0.3, -0.25) is 9.59 Å². The minimum Gasteiger partial charge on any atom is -0.457 e. The summed E-state index contributed by atoms with van der Waals surface area (Å²) in [6.45, 7) is 3.89. The third-order valence-electron chi connectivity index (χ3n) is 3.87. The molecule has 1 aliphatic heterocycles. The van der Waals surface area contributed by atoms with Gasteiger partial charge in [0.15, 0.2) is 0 Å². The van der Waals surface area contributed by atoms with Crippen molar-refractivity contribution in [1.82, 2.24) is 9.80 Å². The molecule has 0 N–H and O–H groups in total. The molecule has 5 heteroatoms. The first-order chi connectivity index (χ1) is 10.6. The first kappa shape index (κ1) is 14.4. The Bertz CT molecular complexity index is 691. The average molecular weight is 298 g/mol. The summed E-state index contributed by atoms with van der Waals surface area (Å²) in [7, 11) is 0. The molecule has 1 saturated heterocycles. The predicted octanol–water partition coefficient (Wildman–Crippen LogP) is 2.14. The smallest absolute Gasteiger partial charge is 0.246 e. The number of carbonyl (C=O) groups is 2. The second-order valence-electron chi connectivity index (χ2n) is 5.35. The maximum Gasteiger partial charge on any atom is 0.246 e. The van der Waals surface area contributed by atoms with Crippen molar-refractivity contribution < 1.29 is 14.0 Å². The van der Waals surface area contributed by atoms with E-state index in [-0.39, 0.29) is 11.8 Å². The molecule has 3 rings (SSSR count). The van der Waals surface area contributed by atoms with Crippen molar-refractivity contribution in [2.45, 2.75) is 6.92 Å². The molecule has 2 aromatic rings. The van der Waals surface area contributed by atoms with Crippen LogP contribution in [0.2, 0.25) is 0 Å². The maximum absolute atomic E-state index is 12.2. The van der Waals surface area contributed by atoms with Gasteiger partial charge in [-0.15, -0.1) is 0 Å². The molecule has 0 bridgehead atoms. The highest BCUT2D eigenvalue weighted by Crippen LogP contribution is 2.19. The zero-order valence-electron chi connectivity index (χ0n) is 12.5. The van der Waals surface area contributed by atoms with Crippen molar-refractivity contribution in [3.8, 4) is 0 Å². The molecule has 0 unspecified atom stereocenters. The van der Waals surface area contributed by atoms with Crippen molar-refractivity contribution in [2.75, 3.05) is 26.2 Å². The molecule has 0 radical (unpaired) electrons. The van der Waals surface area contributed by atoms with E-state index in [0.717, 1.165) is 11.0 Å². The van der Waals surface area contributed by atoms with E-state index in [2.05, 4.69) is 0 Å². The van der Waals surface area contributed by atoms with Crippen LogP contribution < -0.4 is 0 Å². The fourth-order valence-corrected chi connectivity index (χ4v) is 2.59. The number of para-hydroxylation sites is 1. The van der Waals surface area contributed by atoms with E-state index in [9.17, 15) is 9.59 Å². The normalized spacial score (nSPS) is 15.7. The summed E-state index contributed by atoms with van der Waals surface area (Å²) in [6, 6.07) is 9.64. The van der Waals surface area contributed by atoms with Crippen LogP contribution in [0.5, 0.6) is 0 Å². The van der Waals surface area contributed by atoms with E-state index in [1.165, 1.54) is 6.08 Å². The van der Waals surface area contributed by atoms with Crippen LogP contribution in [0.15, 0.2) is 40.8 Å². The second kappa shape index (κ2) is 6.05. The summed E-state index contributed by atoms with van der Waals surface area (Å²) in [6.07, 6.45) is 3.22. The lowest BCUT2D eigenvalue weighted by Crippen LogP contribution is -2.49. The standard InChI is InChI=1S/C17H18N2O3/c1-13(20)18-8-10-19(11-9-18)17(21)7-6-15-12-14-4-2-3-5-16(14)22-15/h2-7,12H,8-11H2,1H3/b7-6+. The number of piperazine rings is 1. The third kappa shape index (κ3) is 3.03. The third-order valence-corrected chi connectivity index (χ3v) is 3.87. The van der Waals surface area contributed by atoms with Gasteiger partial charge in [-0.25, -0.2) is 0 Å². The van der Waals surface area contributed by atoms with Crippen LogP contribution in [0, 0.1) is 0 Å². The Morgan fingerprint density at radius 2 is 1.77 bits per heavy atom. The number of carbonyl (C=O) groups excluding carboxylic acids is 2. The molecule has 0 spiro atoms. The van der Waals surface area contributed by atoms with E-state index < -0.39 is 0 Å². The zero-order valence-corrected chi connectivity index (χ0v) is 12.5. The summed E-state index contributed by atoms with van der Waals surface area (Å²) < 4.78 is 5.64. The van der Waals surface area contributed by atoms with Crippen molar-refractivity contribution in [1.29, 1.82) is 0 Å². The van der Waals surface area contributed by atoms with Crippen LogP contribution in [0.1, 0.15) is 12.7 Å². The summed E-state index contributed by atoms with van der Waals surface area (Å²) in [4.78, 5) is 26.9. The van der Waals surface area contributed by atoms with Gasteiger partial charge in [0, 0.05) is 44.6 Å². The molecule has 1 aromatic carbocycles. The summed E-state index contributed by atoms with van der Waals surface area (Å²) in [5.74, 6) is 0.672. The van der Waals surface area contributed by atoms with Crippen molar-refractivity contribution in [2.24, 2.45) is 0 Å². The largest absolute Gasteiger partial charge is 0.457 e. The Balaban J connectivity index is 1.63. The van der Waals surface area contributed by atoms with Gasteiger partial charge in [-0.05, 0) is 18.2 Å². The fourth-order valence-electron chi connectivity index (χ4n) is 2.59. The number of hydrogen-bond donors (Lipinski definition) is 0. The van der Waals surface area contributed by atoms with E-state index in [1.54, 1.807) is 22.8 Å². The van der Waals surface area contributed by atoms with Crippen molar-refractivity contribution in [3.63, 3.8) is 0 Å². The molecule has 22 heavy (non-hydrogen) atoms. The van der Waals surface area contributed by atoms with Crippen LogP contribution in [0.25, 0.3) is 17.0 Å². The van der Waals surface area contributed by atoms with E-state index >= 15 is 0 Å². The number of fused-ring (bicyclic) bond motifs is 1. The SMILES string of the molecule is CC(=O)N1CCN(C(=O)/C=C/c2cc3ccccc3o2)CC1. The van der Waals surface area contributed by atoms with Crippen LogP contribution in [-0.4, -0.2) is 47.8 Å². The second-order valence-corrected chi connectivity index (χ2v) is 5.35. The van der Waals surface area contributed by atoms with E-state index in [4.69, 9.17) is 4.42 Å². The number of benzene rings is 1. The topological polar surface area (TPSA) is 53.8 Å². The Morgan fingerprint density at radius 3 is 2.45 bits per heavy atom. The van der Waals surface area contributed by atoms with Gasteiger partial charge in [-0.2, -0.15) is 0 Å². The minimum atomic E-state index is -0.0522. The lowest BCUT2D eigenvalue weighted by molar-refractivity contribution is -0.135. The highest BCUT2D eigenvalue weighted by molar-refractivity contribution is 5.92. The van der Waals surface area contributed by atoms with Crippen molar-refractivity contribution in [3.05, 3.63) is 42.2 Å². The van der Waals surface area contributed by atoms with E-state index in [1.807, 2.05) is 30.3 Å². The molecule has 2 amide bonds. The number of hydrogen-bond acceptors (Lipinski definition) is 3. The molecule has 0 saturated carbocycles. The van der Waals surface area contributed by atoms with Gasteiger partial charge in [0.2, 0.25) is 11.8 Å². The molecule has 1 aromatic heterocycles. The quantitative estimate of drug-likeness (QED) is 0.798. The number of rotatable bonds is 2. The van der Waals surface area contributed by atoms with Crippen LogP contribution in [0.4, 0.5) is 0 Å². The monoisotopic (exact) mass is 298 g/mol. The Kier molecular flexibility index (Phi) is 3.96. The van der Waals surface area contributed by atoms with Crippen LogP contribution in [0.3, 0.4) is 0 Å². The average Bonchev–Trinajstić information content (AvgIpc) is 2.95. The highest BCUT2D eigenvalue weighted by Gasteiger charge is 2.20. The molecule has 0 atom stereocenters. The summed E-state index contributed by atoms with van der Waals surface area (Å²) >= 11 is 0. The van der Waals surface area contributed by atoms with Crippen LogP contribution >= 0.6 is 0 Å². The Labute approximate surface area is 128 Å². The lowest BCUT2D eigenvalue weighted by Gasteiger charge is -2.33. The number of furan rings is 1. The van der Waals surface area contributed by atoms with Gasteiger partial charge in [-0.1, -0.05) is 18.2 Å². The zero-order chi connectivity index (χ0) is 15.5. The first-order valence-corrected chi connectivity index (χ1v) is 7.34. The molecule has 1 aliphatic rings. The lowest BCUT2D eigenvalue weighted by atomic mass is 10.2. The van der Waals surface area contributed by atoms with Crippen LogP contribution in [-0.2, 0) is 9.59 Å². The minimum absolute atomic E-state index is 0.0522.